The molecule has 1 amide bonds. The van der Waals surface area contributed by atoms with Gasteiger partial charge in [0.15, 0.2) is 0 Å². The van der Waals surface area contributed by atoms with Crippen LogP contribution in [0.4, 0.5) is 5.69 Å². The van der Waals surface area contributed by atoms with Crippen LogP contribution in [0.25, 0.3) is 21.9 Å². The zero-order chi connectivity index (χ0) is 16.7. The van der Waals surface area contributed by atoms with Gasteiger partial charge in [0.25, 0.3) is 5.91 Å². The lowest BCUT2D eigenvalue weighted by Gasteiger charge is -2.09. The highest BCUT2D eigenvalue weighted by Crippen LogP contribution is 2.36. The number of rotatable bonds is 3. The van der Waals surface area contributed by atoms with Crippen LogP contribution in [0.5, 0.6) is 5.75 Å². The summed E-state index contributed by atoms with van der Waals surface area (Å²) in [4.78, 5) is 17.1. The third-order valence-corrected chi connectivity index (χ3v) is 4.83. The van der Waals surface area contributed by atoms with Crippen LogP contribution in [0.15, 0.2) is 46.3 Å². The topological polar surface area (TPSA) is 64.4 Å². The van der Waals surface area contributed by atoms with Gasteiger partial charge in [0.2, 0.25) is 0 Å². The van der Waals surface area contributed by atoms with Crippen molar-refractivity contribution in [3.05, 3.63) is 52.5 Å². The highest BCUT2D eigenvalue weighted by molar-refractivity contribution is 7.12. The van der Waals surface area contributed by atoms with E-state index in [2.05, 4.69) is 10.3 Å². The molecule has 0 atom stereocenters. The van der Waals surface area contributed by atoms with Crippen molar-refractivity contribution in [2.45, 2.75) is 6.92 Å². The molecule has 0 spiro atoms. The van der Waals surface area contributed by atoms with Crippen molar-refractivity contribution in [2.75, 3.05) is 12.4 Å². The van der Waals surface area contributed by atoms with Gasteiger partial charge in [-0.2, -0.15) is 0 Å². The van der Waals surface area contributed by atoms with Crippen LogP contribution in [-0.4, -0.2) is 18.0 Å². The fraction of sp³-hybridized carbons (Fsp3) is 0.111. The number of anilines is 1. The highest BCUT2D eigenvalue weighted by atomic mass is 32.1. The lowest BCUT2D eigenvalue weighted by atomic mass is 10.1. The summed E-state index contributed by atoms with van der Waals surface area (Å²) in [5.41, 5.74) is 4.44. The van der Waals surface area contributed by atoms with E-state index in [-0.39, 0.29) is 5.91 Å². The SMILES string of the molecule is COc1cc2c(cc1NC(=O)c1scnc1C)oc1ccccc12. The number of aromatic nitrogens is 1. The number of hydrogen-bond acceptors (Lipinski definition) is 5. The number of nitrogens with zero attached hydrogens (tertiary/aromatic N) is 1. The second-order valence-corrected chi connectivity index (χ2v) is 6.22. The number of thiazole rings is 1. The smallest absolute Gasteiger partial charge is 0.267 e. The molecule has 5 nitrogen and oxygen atoms in total. The predicted molar refractivity (Wildman–Crippen MR) is 95.1 cm³/mol. The minimum Gasteiger partial charge on any atom is -0.495 e. The summed E-state index contributed by atoms with van der Waals surface area (Å²) in [6.45, 7) is 1.81. The largest absolute Gasteiger partial charge is 0.495 e. The zero-order valence-corrected chi connectivity index (χ0v) is 13.9. The number of carbonyl (C=O) groups excluding carboxylic acids is 1. The summed E-state index contributed by atoms with van der Waals surface area (Å²) in [5.74, 6) is 0.383. The van der Waals surface area contributed by atoms with Crippen molar-refractivity contribution in [3.8, 4) is 5.75 Å². The number of para-hydroxylation sites is 1. The van der Waals surface area contributed by atoms with E-state index in [1.165, 1.54) is 11.3 Å². The molecule has 0 aliphatic carbocycles. The van der Waals surface area contributed by atoms with E-state index in [4.69, 9.17) is 9.15 Å². The van der Waals surface area contributed by atoms with Gasteiger partial charge in [-0.05, 0) is 19.1 Å². The van der Waals surface area contributed by atoms with E-state index in [1.54, 1.807) is 18.7 Å². The molecule has 2 heterocycles. The fourth-order valence-electron chi connectivity index (χ4n) is 2.72. The van der Waals surface area contributed by atoms with Crippen LogP contribution in [0.3, 0.4) is 0 Å². The maximum atomic E-state index is 12.4. The predicted octanol–water partition coefficient (Wildman–Crippen LogP) is 4.61. The quantitative estimate of drug-likeness (QED) is 0.592. The number of furan rings is 1. The van der Waals surface area contributed by atoms with Crippen molar-refractivity contribution < 1.29 is 13.9 Å². The number of carbonyl (C=O) groups is 1. The second-order valence-electron chi connectivity index (χ2n) is 5.37. The normalized spacial score (nSPS) is 11.1. The molecule has 2 aromatic heterocycles. The molecule has 4 rings (SSSR count). The van der Waals surface area contributed by atoms with Gasteiger partial charge in [-0.25, -0.2) is 4.98 Å². The number of fused-ring (bicyclic) bond motifs is 3. The van der Waals surface area contributed by atoms with E-state index in [0.717, 1.165) is 16.4 Å². The van der Waals surface area contributed by atoms with Gasteiger partial charge < -0.3 is 14.5 Å². The molecule has 24 heavy (non-hydrogen) atoms. The Balaban J connectivity index is 1.81. The lowest BCUT2D eigenvalue weighted by Crippen LogP contribution is -2.12. The van der Waals surface area contributed by atoms with E-state index < -0.39 is 0 Å². The summed E-state index contributed by atoms with van der Waals surface area (Å²) in [5, 5.41) is 4.86. The van der Waals surface area contributed by atoms with Gasteiger partial charge >= 0.3 is 0 Å². The fourth-order valence-corrected chi connectivity index (χ4v) is 3.41. The first kappa shape index (κ1) is 14.7. The first-order valence-electron chi connectivity index (χ1n) is 7.38. The summed E-state index contributed by atoms with van der Waals surface area (Å²) in [7, 11) is 1.58. The van der Waals surface area contributed by atoms with E-state index in [1.807, 2.05) is 37.3 Å². The van der Waals surface area contributed by atoms with Gasteiger partial charge in [-0.3, -0.25) is 4.79 Å². The Morgan fingerprint density at radius 3 is 2.79 bits per heavy atom. The molecule has 120 valence electrons. The third-order valence-electron chi connectivity index (χ3n) is 3.90. The maximum Gasteiger partial charge on any atom is 0.267 e. The molecule has 0 radical (unpaired) electrons. The number of amides is 1. The lowest BCUT2D eigenvalue weighted by molar-refractivity contribution is 0.102. The second kappa shape index (κ2) is 5.65. The van der Waals surface area contributed by atoms with Crippen LogP contribution >= 0.6 is 11.3 Å². The average molecular weight is 338 g/mol. The average Bonchev–Trinajstić information content (AvgIpc) is 3.17. The molecule has 0 aliphatic heterocycles. The van der Waals surface area contributed by atoms with Crippen molar-refractivity contribution >= 4 is 44.9 Å². The molecular formula is C18H14N2O3S. The Morgan fingerprint density at radius 1 is 1.21 bits per heavy atom. The number of ether oxygens (including phenoxy) is 1. The Morgan fingerprint density at radius 2 is 2.04 bits per heavy atom. The van der Waals surface area contributed by atoms with Crippen LogP contribution in [-0.2, 0) is 0 Å². The van der Waals surface area contributed by atoms with Crippen molar-refractivity contribution in [2.24, 2.45) is 0 Å². The number of hydrogen-bond donors (Lipinski definition) is 1. The standard InChI is InChI=1S/C18H14N2O3S/c1-10-17(24-9-19-10)18(21)20-13-8-15-12(7-16(13)22-2)11-5-3-4-6-14(11)23-15/h3-9H,1-2H3,(H,20,21). The van der Waals surface area contributed by atoms with Crippen molar-refractivity contribution in [3.63, 3.8) is 0 Å². The molecule has 0 saturated carbocycles. The van der Waals surface area contributed by atoms with Crippen molar-refractivity contribution in [1.29, 1.82) is 0 Å². The van der Waals surface area contributed by atoms with Gasteiger partial charge in [0, 0.05) is 16.8 Å². The van der Waals surface area contributed by atoms with E-state index >= 15 is 0 Å². The van der Waals surface area contributed by atoms with Gasteiger partial charge in [0.1, 0.15) is 21.8 Å². The molecule has 6 heteroatoms. The Kier molecular flexibility index (Phi) is 3.46. The van der Waals surface area contributed by atoms with Crippen LogP contribution in [0.1, 0.15) is 15.4 Å². The summed E-state index contributed by atoms with van der Waals surface area (Å²) in [6.07, 6.45) is 0. The molecule has 1 N–H and O–H groups in total. The van der Waals surface area contributed by atoms with Crippen LogP contribution in [0.2, 0.25) is 0 Å². The Labute approximate surface area is 141 Å². The number of aryl methyl sites for hydroxylation is 1. The Bertz CT molecular complexity index is 1060. The van der Waals surface area contributed by atoms with Crippen molar-refractivity contribution in [1.82, 2.24) is 4.98 Å². The third kappa shape index (κ3) is 2.32. The van der Waals surface area contributed by atoms with E-state index in [9.17, 15) is 4.79 Å². The number of nitrogens with one attached hydrogen (secondary N) is 1. The van der Waals surface area contributed by atoms with Gasteiger partial charge in [-0.1, -0.05) is 18.2 Å². The number of benzene rings is 2. The van der Waals surface area contributed by atoms with Gasteiger partial charge in [-0.15, -0.1) is 11.3 Å². The molecule has 0 aliphatic rings. The first-order valence-corrected chi connectivity index (χ1v) is 8.26. The van der Waals surface area contributed by atoms with Crippen LogP contribution in [0, 0.1) is 6.92 Å². The molecule has 0 unspecified atom stereocenters. The molecule has 2 aromatic carbocycles. The minimum absolute atomic E-state index is 0.205. The van der Waals surface area contributed by atoms with Crippen LogP contribution < -0.4 is 10.1 Å². The number of methoxy groups -OCH3 is 1. The van der Waals surface area contributed by atoms with Gasteiger partial charge in [0.05, 0.1) is 24.0 Å². The zero-order valence-electron chi connectivity index (χ0n) is 13.1. The molecule has 0 saturated heterocycles. The minimum atomic E-state index is -0.205. The molecule has 0 bridgehead atoms. The monoisotopic (exact) mass is 338 g/mol. The molecule has 4 aromatic rings. The van der Waals surface area contributed by atoms with E-state index in [0.29, 0.717) is 27.6 Å². The first-order chi connectivity index (χ1) is 11.7. The maximum absolute atomic E-state index is 12.4. The molecule has 0 fully saturated rings. The highest BCUT2D eigenvalue weighted by Gasteiger charge is 2.17. The Hall–Kier alpha value is -2.86. The summed E-state index contributed by atoms with van der Waals surface area (Å²) in [6, 6.07) is 11.5. The summed E-state index contributed by atoms with van der Waals surface area (Å²) >= 11 is 1.31. The molecular weight excluding hydrogens is 324 g/mol. The summed E-state index contributed by atoms with van der Waals surface area (Å²) < 4.78 is 11.3.